The van der Waals surface area contributed by atoms with Crippen molar-refractivity contribution >= 4 is 22.6 Å². The number of benzene rings is 1. The van der Waals surface area contributed by atoms with E-state index in [0.717, 1.165) is 11.8 Å². The molecule has 0 bridgehead atoms. The smallest absolute Gasteiger partial charge is 0.354 e. The number of H-pyrrole nitrogens is 1. The Morgan fingerprint density at radius 1 is 1.29 bits per heavy atom. The second kappa shape index (κ2) is 6.99. The van der Waals surface area contributed by atoms with E-state index in [1.807, 2.05) is 6.07 Å². The standard InChI is InChI=1S/C15H20N2O4/c1-3-20-15(18)13-8-10-7-11(21-6-4-5-19-2)9-12(16)14(10)17-13/h7-9,17H,3-6,16H2,1-2H3. The van der Waals surface area contributed by atoms with E-state index >= 15 is 0 Å². The van der Waals surface area contributed by atoms with Crippen LogP contribution in [0.25, 0.3) is 10.9 Å². The van der Waals surface area contributed by atoms with Crippen molar-refractivity contribution in [3.63, 3.8) is 0 Å². The van der Waals surface area contributed by atoms with Crippen LogP contribution in [0.15, 0.2) is 18.2 Å². The molecular weight excluding hydrogens is 272 g/mol. The first kappa shape index (κ1) is 15.2. The average Bonchev–Trinajstić information content (AvgIpc) is 2.89. The summed E-state index contributed by atoms with van der Waals surface area (Å²) in [5.74, 6) is 0.279. The molecular formula is C15H20N2O4. The maximum absolute atomic E-state index is 11.7. The number of hydrogen-bond acceptors (Lipinski definition) is 5. The van der Waals surface area contributed by atoms with Crippen molar-refractivity contribution in [2.45, 2.75) is 13.3 Å². The number of fused-ring (bicyclic) bond motifs is 1. The molecule has 3 N–H and O–H groups in total. The number of nitrogens with two attached hydrogens (primary N) is 1. The van der Waals surface area contributed by atoms with Crippen LogP contribution in [-0.4, -0.2) is 37.9 Å². The minimum Gasteiger partial charge on any atom is -0.493 e. The summed E-state index contributed by atoms with van der Waals surface area (Å²) < 4.78 is 15.6. The van der Waals surface area contributed by atoms with Crippen LogP contribution in [0.4, 0.5) is 5.69 Å². The third-order valence-electron chi connectivity index (χ3n) is 2.99. The number of nitrogens with one attached hydrogen (secondary N) is 1. The van der Waals surface area contributed by atoms with E-state index in [4.69, 9.17) is 19.9 Å². The number of methoxy groups -OCH3 is 1. The molecule has 21 heavy (non-hydrogen) atoms. The van der Waals surface area contributed by atoms with Crippen molar-refractivity contribution in [3.05, 3.63) is 23.9 Å². The number of hydrogen-bond donors (Lipinski definition) is 2. The highest BCUT2D eigenvalue weighted by Crippen LogP contribution is 2.28. The normalized spacial score (nSPS) is 10.8. The van der Waals surface area contributed by atoms with Crippen LogP contribution in [0.1, 0.15) is 23.8 Å². The first-order valence-electron chi connectivity index (χ1n) is 6.86. The topological polar surface area (TPSA) is 86.6 Å². The lowest BCUT2D eigenvalue weighted by atomic mass is 10.2. The fourth-order valence-corrected chi connectivity index (χ4v) is 2.04. The highest BCUT2D eigenvalue weighted by Gasteiger charge is 2.13. The molecule has 0 radical (unpaired) electrons. The van der Waals surface area contributed by atoms with Gasteiger partial charge in [0.1, 0.15) is 11.4 Å². The molecule has 6 heteroatoms. The predicted molar refractivity (Wildman–Crippen MR) is 80.7 cm³/mol. The van der Waals surface area contributed by atoms with Crippen molar-refractivity contribution < 1.29 is 19.0 Å². The second-order valence-corrected chi connectivity index (χ2v) is 4.58. The maximum Gasteiger partial charge on any atom is 0.354 e. The minimum absolute atomic E-state index is 0.331. The Morgan fingerprint density at radius 2 is 2.10 bits per heavy atom. The van der Waals surface area contributed by atoms with Crippen molar-refractivity contribution in [2.24, 2.45) is 0 Å². The molecule has 0 atom stereocenters. The molecule has 0 aliphatic heterocycles. The average molecular weight is 292 g/mol. The lowest BCUT2D eigenvalue weighted by molar-refractivity contribution is 0.0520. The lowest BCUT2D eigenvalue weighted by Gasteiger charge is -2.07. The van der Waals surface area contributed by atoms with Crippen molar-refractivity contribution in [1.82, 2.24) is 4.98 Å². The summed E-state index contributed by atoms with van der Waals surface area (Å²) >= 11 is 0. The number of carbonyl (C=O) groups excluding carboxylic acids is 1. The van der Waals surface area contributed by atoms with E-state index in [2.05, 4.69) is 4.98 Å². The summed E-state index contributed by atoms with van der Waals surface area (Å²) in [6.45, 7) is 3.29. The quantitative estimate of drug-likeness (QED) is 0.464. The number of aromatic nitrogens is 1. The van der Waals surface area contributed by atoms with Gasteiger partial charge in [0, 0.05) is 31.6 Å². The first-order chi connectivity index (χ1) is 10.2. The third-order valence-corrected chi connectivity index (χ3v) is 2.99. The van der Waals surface area contributed by atoms with Crippen LogP contribution in [0, 0.1) is 0 Å². The van der Waals surface area contributed by atoms with Crippen molar-refractivity contribution in [3.8, 4) is 5.75 Å². The number of rotatable bonds is 7. The fourth-order valence-electron chi connectivity index (χ4n) is 2.04. The summed E-state index contributed by atoms with van der Waals surface area (Å²) in [4.78, 5) is 14.7. The summed E-state index contributed by atoms with van der Waals surface area (Å²) in [7, 11) is 1.65. The third kappa shape index (κ3) is 3.66. The minimum atomic E-state index is -0.393. The monoisotopic (exact) mass is 292 g/mol. The van der Waals surface area contributed by atoms with E-state index in [-0.39, 0.29) is 0 Å². The van der Waals surface area contributed by atoms with Gasteiger partial charge in [-0.25, -0.2) is 4.79 Å². The Morgan fingerprint density at radius 3 is 2.81 bits per heavy atom. The largest absolute Gasteiger partial charge is 0.493 e. The maximum atomic E-state index is 11.7. The number of esters is 1. The van der Waals surface area contributed by atoms with E-state index in [9.17, 15) is 4.79 Å². The molecule has 0 spiro atoms. The number of ether oxygens (including phenoxy) is 3. The molecule has 1 heterocycles. The van der Waals surface area contributed by atoms with E-state index in [0.29, 0.717) is 42.5 Å². The molecule has 0 aliphatic carbocycles. The van der Waals surface area contributed by atoms with Crippen molar-refractivity contribution in [2.75, 3.05) is 32.7 Å². The Hall–Kier alpha value is -2.21. The van der Waals surface area contributed by atoms with Crippen LogP contribution in [0.3, 0.4) is 0 Å². The van der Waals surface area contributed by atoms with Gasteiger partial charge in [0.25, 0.3) is 0 Å². The summed E-state index contributed by atoms with van der Waals surface area (Å²) in [6.07, 6.45) is 0.801. The molecule has 0 aliphatic rings. The Labute approximate surface area is 123 Å². The lowest BCUT2D eigenvalue weighted by Crippen LogP contribution is -2.04. The van der Waals surface area contributed by atoms with Crippen LogP contribution < -0.4 is 10.5 Å². The summed E-state index contributed by atoms with van der Waals surface area (Å²) in [6, 6.07) is 5.30. The van der Waals surface area contributed by atoms with Gasteiger partial charge in [-0.3, -0.25) is 0 Å². The molecule has 0 saturated carbocycles. The zero-order valence-electron chi connectivity index (χ0n) is 12.3. The van der Waals surface area contributed by atoms with Gasteiger partial charge in [-0.05, 0) is 19.1 Å². The highest BCUT2D eigenvalue weighted by molar-refractivity contribution is 5.99. The van der Waals surface area contributed by atoms with Crippen LogP contribution >= 0.6 is 0 Å². The fraction of sp³-hybridized carbons (Fsp3) is 0.400. The molecule has 2 rings (SSSR count). The zero-order valence-corrected chi connectivity index (χ0v) is 12.3. The molecule has 0 saturated heterocycles. The molecule has 0 amide bonds. The van der Waals surface area contributed by atoms with Crippen molar-refractivity contribution in [1.29, 1.82) is 0 Å². The second-order valence-electron chi connectivity index (χ2n) is 4.58. The van der Waals surface area contributed by atoms with Crippen LogP contribution in [0.5, 0.6) is 5.75 Å². The molecule has 2 aromatic rings. The van der Waals surface area contributed by atoms with Gasteiger partial charge < -0.3 is 24.9 Å². The SMILES string of the molecule is CCOC(=O)c1cc2cc(OCCCOC)cc(N)c2[nH]1. The van der Waals surface area contributed by atoms with Gasteiger partial charge in [0.05, 0.1) is 24.4 Å². The van der Waals surface area contributed by atoms with Crippen LogP contribution in [-0.2, 0) is 9.47 Å². The molecule has 0 fully saturated rings. The molecule has 1 aromatic heterocycles. The first-order valence-corrected chi connectivity index (χ1v) is 6.86. The molecule has 6 nitrogen and oxygen atoms in total. The Kier molecular flexibility index (Phi) is 5.05. The Balaban J connectivity index is 2.18. The predicted octanol–water partition coefficient (Wildman–Crippen LogP) is 2.34. The van der Waals surface area contributed by atoms with Gasteiger partial charge in [-0.15, -0.1) is 0 Å². The number of aromatic amines is 1. The van der Waals surface area contributed by atoms with Gasteiger partial charge in [-0.2, -0.15) is 0 Å². The zero-order chi connectivity index (χ0) is 15.2. The van der Waals surface area contributed by atoms with Gasteiger partial charge in [-0.1, -0.05) is 0 Å². The van der Waals surface area contributed by atoms with Gasteiger partial charge >= 0.3 is 5.97 Å². The summed E-state index contributed by atoms with van der Waals surface area (Å²) in [5, 5.41) is 0.819. The summed E-state index contributed by atoms with van der Waals surface area (Å²) in [5.41, 5.74) is 7.61. The molecule has 0 unspecified atom stereocenters. The number of carbonyl (C=O) groups is 1. The number of anilines is 1. The van der Waals surface area contributed by atoms with E-state index in [1.54, 1.807) is 26.2 Å². The van der Waals surface area contributed by atoms with E-state index < -0.39 is 5.97 Å². The highest BCUT2D eigenvalue weighted by atomic mass is 16.5. The van der Waals surface area contributed by atoms with Gasteiger partial charge in [0.15, 0.2) is 0 Å². The molecule has 114 valence electrons. The van der Waals surface area contributed by atoms with E-state index in [1.165, 1.54) is 0 Å². The van der Waals surface area contributed by atoms with Gasteiger partial charge in [0.2, 0.25) is 0 Å². The Bertz CT molecular complexity index is 621. The molecule has 1 aromatic carbocycles. The number of nitrogen functional groups attached to an aromatic ring is 1. The van der Waals surface area contributed by atoms with Crippen LogP contribution in [0.2, 0.25) is 0 Å².